The first-order chi connectivity index (χ1) is 15.3. The molecule has 1 aliphatic rings. The van der Waals surface area contributed by atoms with Gasteiger partial charge in [0.2, 0.25) is 5.91 Å². The summed E-state index contributed by atoms with van der Waals surface area (Å²) in [5.74, 6) is -0.873. The van der Waals surface area contributed by atoms with Gasteiger partial charge in [-0.2, -0.15) is 0 Å². The quantitative estimate of drug-likeness (QED) is 0.189. The molecule has 0 aliphatic carbocycles. The van der Waals surface area contributed by atoms with Gasteiger partial charge in [0.15, 0.2) is 0 Å². The maximum atomic E-state index is 12.7. The summed E-state index contributed by atoms with van der Waals surface area (Å²) >= 11 is 9.92. The van der Waals surface area contributed by atoms with Crippen LogP contribution < -0.4 is 5.32 Å². The van der Waals surface area contributed by atoms with E-state index >= 15 is 0 Å². The van der Waals surface area contributed by atoms with E-state index in [9.17, 15) is 19.5 Å². The predicted molar refractivity (Wildman–Crippen MR) is 133 cm³/mol. The number of benzene rings is 1. The number of carbonyl (C=O) groups excluding carboxylic acids is 2. The number of thioether (sulfide) groups is 1. The highest BCUT2D eigenvalue weighted by Crippen LogP contribution is 2.34. The molecule has 3 N–H and O–H groups in total. The molecular weight excluding hydrogens is 516 g/mol. The second kappa shape index (κ2) is 13.6. The molecule has 0 unspecified atom stereocenters. The summed E-state index contributed by atoms with van der Waals surface area (Å²) in [6.45, 7) is 1.06. The van der Waals surface area contributed by atoms with E-state index in [1.807, 2.05) is 0 Å². The Labute approximate surface area is 205 Å². The van der Waals surface area contributed by atoms with Gasteiger partial charge in [-0.05, 0) is 50.0 Å². The Morgan fingerprint density at radius 2 is 1.84 bits per heavy atom. The second-order valence-corrected chi connectivity index (χ2v) is 9.99. The molecule has 2 rings (SSSR count). The zero-order valence-corrected chi connectivity index (χ0v) is 20.9. The van der Waals surface area contributed by atoms with Crippen LogP contribution in [0, 0.1) is 0 Å². The van der Waals surface area contributed by atoms with Crippen molar-refractivity contribution >= 4 is 68.1 Å². The molecule has 0 atom stereocenters. The number of phenols is 1. The minimum absolute atomic E-state index is 0.00870. The van der Waals surface area contributed by atoms with Gasteiger partial charge in [0.05, 0.1) is 4.91 Å². The standard InChI is InChI=1S/C22H27BrN2O5S2/c23-16-9-10-17(26)15(13-16)14-18-21(30)25(22(31)32-18)12-6-2-3-7-19(27)24-11-5-1-4-8-20(28)29/h9-10,13-14,26H,1-8,11-12H2,(H,24,27)(H,28,29)/b18-14-. The number of hydrogen-bond acceptors (Lipinski definition) is 6. The molecule has 1 aromatic rings. The number of nitrogens with one attached hydrogen (secondary N) is 1. The number of thiocarbonyl (C=S) groups is 1. The van der Waals surface area contributed by atoms with E-state index in [0.717, 1.165) is 36.6 Å². The number of halogens is 1. The summed E-state index contributed by atoms with van der Waals surface area (Å²) in [6, 6.07) is 5.02. The lowest BCUT2D eigenvalue weighted by molar-refractivity contribution is -0.137. The molecule has 174 valence electrons. The Morgan fingerprint density at radius 3 is 2.59 bits per heavy atom. The number of phenolic OH excluding ortho intramolecular Hbond substituents is 1. The van der Waals surface area contributed by atoms with Crippen LogP contribution >= 0.6 is 39.9 Å². The highest BCUT2D eigenvalue weighted by atomic mass is 79.9. The van der Waals surface area contributed by atoms with Crippen LogP contribution in [0.5, 0.6) is 5.75 Å². The largest absolute Gasteiger partial charge is 0.507 e. The average Bonchev–Trinajstić information content (AvgIpc) is 3.00. The van der Waals surface area contributed by atoms with Crippen molar-refractivity contribution < 1.29 is 24.6 Å². The van der Waals surface area contributed by atoms with Crippen molar-refractivity contribution in [3.05, 3.63) is 33.1 Å². The molecule has 0 saturated carbocycles. The number of carbonyl (C=O) groups is 3. The van der Waals surface area contributed by atoms with Gasteiger partial charge in [-0.15, -0.1) is 0 Å². The van der Waals surface area contributed by atoms with E-state index in [-0.39, 0.29) is 24.0 Å². The monoisotopic (exact) mass is 542 g/mol. The third kappa shape index (κ3) is 8.91. The normalized spacial score (nSPS) is 14.9. The topological polar surface area (TPSA) is 107 Å². The third-order valence-corrected chi connectivity index (χ3v) is 6.70. The molecule has 1 aromatic carbocycles. The highest BCUT2D eigenvalue weighted by Gasteiger charge is 2.31. The van der Waals surface area contributed by atoms with E-state index in [2.05, 4.69) is 21.2 Å². The smallest absolute Gasteiger partial charge is 0.303 e. The van der Waals surface area contributed by atoms with Crippen LogP contribution in [-0.2, 0) is 14.4 Å². The van der Waals surface area contributed by atoms with Crippen molar-refractivity contribution in [2.45, 2.75) is 51.4 Å². The maximum Gasteiger partial charge on any atom is 0.303 e. The first-order valence-electron chi connectivity index (χ1n) is 10.5. The summed E-state index contributed by atoms with van der Waals surface area (Å²) in [6.07, 6.45) is 6.69. The summed E-state index contributed by atoms with van der Waals surface area (Å²) in [5.41, 5.74) is 0.549. The fourth-order valence-corrected chi connectivity index (χ4v) is 4.78. The van der Waals surface area contributed by atoms with Gasteiger partial charge in [-0.25, -0.2) is 0 Å². The zero-order valence-electron chi connectivity index (χ0n) is 17.6. The van der Waals surface area contributed by atoms with Crippen molar-refractivity contribution in [3.63, 3.8) is 0 Å². The molecule has 0 aromatic heterocycles. The van der Waals surface area contributed by atoms with Crippen LogP contribution in [-0.4, -0.2) is 50.3 Å². The molecule has 0 radical (unpaired) electrons. The molecule has 1 fully saturated rings. The molecule has 2 amide bonds. The third-order valence-electron chi connectivity index (χ3n) is 4.82. The Morgan fingerprint density at radius 1 is 1.12 bits per heavy atom. The first-order valence-corrected chi connectivity index (χ1v) is 12.5. The summed E-state index contributed by atoms with van der Waals surface area (Å²) in [4.78, 5) is 37.0. The summed E-state index contributed by atoms with van der Waals surface area (Å²) in [7, 11) is 0. The van der Waals surface area contributed by atoms with Crippen molar-refractivity contribution in [2.24, 2.45) is 0 Å². The van der Waals surface area contributed by atoms with Gasteiger partial charge in [0, 0.05) is 36.0 Å². The predicted octanol–water partition coefficient (Wildman–Crippen LogP) is 4.68. The lowest BCUT2D eigenvalue weighted by Crippen LogP contribution is -2.29. The maximum absolute atomic E-state index is 12.7. The van der Waals surface area contributed by atoms with Crippen LogP contribution in [0.15, 0.2) is 27.6 Å². The van der Waals surface area contributed by atoms with E-state index in [0.29, 0.717) is 40.7 Å². The lowest BCUT2D eigenvalue weighted by atomic mass is 10.1. The molecule has 0 bridgehead atoms. The number of hydrogen-bond donors (Lipinski definition) is 3. The lowest BCUT2D eigenvalue weighted by Gasteiger charge is -2.14. The molecule has 32 heavy (non-hydrogen) atoms. The van der Waals surface area contributed by atoms with E-state index in [4.69, 9.17) is 17.3 Å². The van der Waals surface area contributed by atoms with E-state index in [1.165, 1.54) is 11.8 Å². The van der Waals surface area contributed by atoms with Crippen molar-refractivity contribution in [1.29, 1.82) is 0 Å². The van der Waals surface area contributed by atoms with Crippen LogP contribution in [0.1, 0.15) is 56.9 Å². The number of rotatable bonds is 13. The fraction of sp³-hybridized carbons (Fsp3) is 0.455. The second-order valence-electron chi connectivity index (χ2n) is 7.40. The number of aromatic hydroxyl groups is 1. The van der Waals surface area contributed by atoms with Crippen molar-refractivity contribution in [3.8, 4) is 5.75 Å². The van der Waals surface area contributed by atoms with E-state index < -0.39 is 5.97 Å². The molecular formula is C22H27BrN2O5S2. The Bertz CT molecular complexity index is 891. The molecule has 1 saturated heterocycles. The SMILES string of the molecule is O=C(O)CCCCCNC(=O)CCCCCN1C(=O)/C(=C/c2cc(Br)ccc2O)SC1=S. The minimum atomic E-state index is -0.792. The molecule has 7 nitrogen and oxygen atoms in total. The summed E-state index contributed by atoms with van der Waals surface area (Å²) < 4.78 is 1.30. The zero-order chi connectivity index (χ0) is 23.5. The average molecular weight is 544 g/mol. The first kappa shape index (κ1) is 26.3. The Kier molecular flexibility index (Phi) is 11.2. The van der Waals surface area contributed by atoms with Crippen LogP contribution in [0.25, 0.3) is 6.08 Å². The van der Waals surface area contributed by atoms with Gasteiger partial charge < -0.3 is 15.5 Å². The number of unbranched alkanes of at least 4 members (excludes halogenated alkanes) is 4. The fourth-order valence-electron chi connectivity index (χ4n) is 3.10. The van der Waals surface area contributed by atoms with Crippen molar-refractivity contribution in [2.75, 3.05) is 13.1 Å². The molecule has 1 aliphatic heterocycles. The Hall–Kier alpha value is -1.91. The van der Waals surface area contributed by atoms with E-state index in [1.54, 1.807) is 29.2 Å². The van der Waals surface area contributed by atoms with Gasteiger partial charge in [0.1, 0.15) is 10.1 Å². The van der Waals surface area contributed by atoms with Crippen LogP contribution in [0.3, 0.4) is 0 Å². The number of carboxylic acid groups (broad SMARTS) is 1. The van der Waals surface area contributed by atoms with Crippen LogP contribution in [0.4, 0.5) is 0 Å². The molecule has 0 spiro atoms. The van der Waals surface area contributed by atoms with Crippen LogP contribution in [0.2, 0.25) is 0 Å². The number of amides is 2. The number of carboxylic acids is 1. The number of aliphatic carboxylic acids is 1. The number of nitrogens with zero attached hydrogens (tertiary/aromatic N) is 1. The van der Waals surface area contributed by atoms with Gasteiger partial charge in [-0.1, -0.05) is 52.8 Å². The molecule has 10 heteroatoms. The minimum Gasteiger partial charge on any atom is -0.507 e. The molecule has 1 heterocycles. The van der Waals surface area contributed by atoms with Crippen molar-refractivity contribution in [1.82, 2.24) is 10.2 Å². The summed E-state index contributed by atoms with van der Waals surface area (Å²) in [5, 5.41) is 21.4. The van der Waals surface area contributed by atoms with Gasteiger partial charge in [-0.3, -0.25) is 19.3 Å². The Balaban J connectivity index is 1.66. The highest BCUT2D eigenvalue weighted by molar-refractivity contribution is 9.10. The van der Waals surface area contributed by atoms with Gasteiger partial charge >= 0.3 is 5.97 Å². The van der Waals surface area contributed by atoms with Gasteiger partial charge in [0.25, 0.3) is 5.91 Å².